The molecular weight excluding hydrogens is 228 g/mol. The molecule has 2 aliphatic rings. The van der Waals surface area contributed by atoms with Crippen molar-refractivity contribution in [1.29, 1.82) is 0 Å². The highest BCUT2D eigenvalue weighted by Crippen LogP contribution is 2.42. The smallest absolute Gasteiger partial charge is 0.309 e. The summed E-state index contributed by atoms with van der Waals surface area (Å²) in [6.45, 7) is 0. The Hall–Kier alpha value is -0.570. The van der Waals surface area contributed by atoms with Crippen LogP contribution in [0.15, 0.2) is 0 Å². The lowest BCUT2D eigenvalue weighted by molar-refractivity contribution is -0.159. The zero-order valence-electron chi connectivity index (χ0n) is 11.2. The largest absolute Gasteiger partial charge is 0.481 e. The molecule has 0 aromatic rings. The molecule has 0 aromatic carbocycles. The summed E-state index contributed by atoms with van der Waals surface area (Å²) in [5.41, 5.74) is -0.940. The van der Waals surface area contributed by atoms with Crippen molar-refractivity contribution in [2.45, 2.75) is 76.2 Å². The van der Waals surface area contributed by atoms with Crippen LogP contribution in [-0.2, 0) is 4.79 Å². The van der Waals surface area contributed by atoms with E-state index in [9.17, 15) is 15.0 Å². The first-order valence-corrected chi connectivity index (χ1v) is 7.59. The van der Waals surface area contributed by atoms with E-state index in [1.165, 1.54) is 6.42 Å². The lowest BCUT2D eigenvalue weighted by atomic mass is 9.69. The molecule has 2 saturated carbocycles. The van der Waals surface area contributed by atoms with E-state index >= 15 is 0 Å². The first-order chi connectivity index (χ1) is 8.63. The van der Waals surface area contributed by atoms with Crippen molar-refractivity contribution in [3.05, 3.63) is 0 Å². The molecule has 2 N–H and O–H groups in total. The molecule has 2 rings (SSSR count). The minimum Gasteiger partial charge on any atom is -0.481 e. The predicted molar refractivity (Wildman–Crippen MR) is 70.4 cm³/mol. The van der Waals surface area contributed by atoms with E-state index in [4.69, 9.17) is 0 Å². The van der Waals surface area contributed by atoms with Crippen molar-refractivity contribution in [1.82, 2.24) is 0 Å². The molecule has 104 valence electrons. The zero-order chi connectivity index (χ0) is 13.0. The van der Waals surface area contributed by atoms with Crippen molar-refractivity contribution in [2.75, 3.05) is 0 Å². The van der Waals surface area contributed by atoms with Crippen LogP contribution in [0.25, 0.3) is 0 Å². The minimum absolute atomic E-state index is 0.194. The predicted octanol–water partition coefficient (Wildman–Crippen LogP) is 3.35. The van der Waals surface area contributed by atoms with Crippen LogP contribution in [0.3, 0.4) is 0 Å². The van der Waals surface area contributed by atoms with Crippen molar-refractivity contribution in [3.8, 4) is 0 Å². The molecule has 3 nitrogen and oxygen atoms in total. The first-order valence-electron chi connectivity index (χ1n) is 7.59. The fraction of sp³-hybridized carbons (Fsp3) is 0.933. The van der Waals surface area contributed by atoms with Crippen LogP contribution in [0.5, 0.6) is 0 Å². The molecule has 0 spiro atoms. The third kappa shape index (κ3) is 3.05. The monoisotopic (exact) mass is 254 g/mol. The number of rotatable bonds is 3. The van der Waals surface area contributed by atoms with Gasteiger partial charge in [-0.2, -0.15) is 0 Å². The summed E-state index contributed by atoms with van der Waals surface area (Å²) in [4.78, 5) is 11.7. The molecule has 3 heteroatoms. The van der Waals surface area contributed by atoms with Crippen molar-refractivity contribution in [2.24, 2.45) is 11.8 Å². The maximum atomic E-state index is 11.7. The Labute approximate surface area is 110 Å². The fourth-order valence-corrected chi connectivity index (χ4v) is 3.99. The maximum absolute atomic E-state index is 11.7. The van der Waals surface area contributed by atoms with Gasteiger partial charge in [0.1, 0.15) is 0 Å². The standard InChI is InChI=1S/C15H26O3/c16-14(17)13(12-8-4-3-5-9-12)15(18)10-6-1-2-7-11-15/h12-13,18H,1-11H2,(H,16,17). The van der Waals surface area contributed by atoms with E-state index in [2.05, 4.69) is 0 Å². The molecule has 1 unspecified atom stereocenters. The van der Waals surface area contributed by atoms with Crippen LogP contribution in [0, 0.1) is 11.8 Å². The van der Waals surface area contributed by atoms with Gasteiger partial charge in [0.25, 0.3) is 0 Å². The molecule has 18 heavy (non-hydrogen) atoms. The Morgan fingerprint density at radius 3 is 1.94 bits per heavy atom. The number of hydrogen-bond acceptors (Lipinski definition) is 2. The second-order valence-electron chi connectivity index (χ2n) is 6.23. The normalized spacial score (nSPS) is 27.4. The summed E-state index contributed by atoms with van der Waals surface area (Å²) >= 11 is 0. The van der Waals surface area contributed by atoms with Gasteiger partial charge in [0.2, 0.25) is 0 Å². The molecule has 2 fully saturated rings. The van der Waals surface area contributed by atoms with E-state index in [1.807, 2.05) is 0 Å². The summed E-state index contributed by atoms with van der Waals surface area (Å²) in [6, 6.07) is 0. The fourth-order valence-electron chi connectivity index (χ4n) is 3.99. The number of aliphatic carboxylic acids is 1. The average molecular weight is 254 g/mol. The average Bonchev–Trinajstić information content (AvgIpc) is 2.55. The van der Waals surface area contributed by atoms with Gasteiger partial charge >= 0.3 is 5.97 Å². The summed E-state index contributed by atoms with van der Waals surface area (Å²) in [7, 11) is 0. The van der Waals surface area contributed by atoms with E-state index in [1.54, 1.807) is 0 Å². The number of hydrogen-bond donors (Lipinski definition) is 2. The molecule has 0 aliphatic heterocycles. The molecule has 0 bridgehead atoms. The van der Waals surface area contributed by atoms with E-state index in [-0.39, 0.29) is 5.92 Å². The zero-order valence-corrected chi connectivity index (χ0v) is 11.2. The van der Waals surface area contributed by atoms with Gasteiger partial charge in [-0.25, -0.2) is 0 Å². The van der Waals surface area contributed by atoms with Gasteiger partial charge in [0, 0.05) is 0 Å². The molecule has 0 heterocycles. The topological polar surface area (TPSA) is 57.5 Å². The summed E-state index contributed by atoms with van der Waals surface area (Å²) in [5, 5.41) is 20.4. The molecule has 0 amide bonds. The van der Waals surface area contributed by atoms with Gasteiger partial charge in [-0.3, -0.25) is 4.79 Å². The van der Waals surface area contributed by atoms with Crippen LogP contribution in [0.1, 0.15) is 70.6 Å². The molecule has 1 atom stereocenters. The summed E-state index contributed by atoms with van der Waals surface area (Å²) in [5.74, 6) is -1.11. The van der Waals surface area contributed by atoms with Crippen LogP contribution in [0.2, 0.25) is 0 Å². The van der Waals surface area contributed by atoms with Crippen LogP contribution >= 0.6 is 0 Å². The molecule has 0 radical (unpaired) electrons. The highest BCUT2D eigenvalue weighted by Gasteiger charge is 2.45. The maximum Gasteiger partial charge on any atom is 0.309 e. The third-order valence-corrected chi connectivity index (χ3v) is 4.94. The molecule has 0 saturated heterocycles. The quantitative estimate of drug-likeness (QED) is 0.759. The number of carboxylic acids is 1. The number of aliphatic hydroxyl groups is 1. The van der Waals surface area contributed by atoms with Crippen molar-refractivity contribution >= 4 is 5.97 Å². The summed E-state index contributed by atoms with van der Waals surface area (Å²) in [6.07, 6.45) is 11.1. The van der Waals surface area contributed by atoms with E-state index in [0.717, 1.165) is 51.4 Å². The SMILES string of the molecule is O=C(O)C(C1CCCCC1)C1(O)CCCCCC1. The van der Waals surface area contributed by atoms with E-state index < -0.39 is 17.5 Å². The van der Waals surface area contributed by atoms with Gasteiger partial charge in [-0.1, -0.05) is 44.9 Å². The van der Waals surface area contributed by atoms with E-state index in [0.29, 0.717) is 12.8 Å². The van der Waals surface area contributed by atoms with Gasteiger partial charge in [-0.15, -0.1) is 0 Å². The van der Waals surface area contributed by atoms with Crippen LogP contribution in [-0.4, -0.2) is 21.8 Å². The van der Waals surface area contributed by atoms with Crippen molar-refractivity contribution < 1.29 is 15.0 Å². The molecule has 2 aliphatic carbocycles. The Kier molecular flexibility index (Phi) is 4.66. The highest BCUT2D eigenvalue weighted by molar-refractivity contribution is 5.72. The van der Waals surface area contributed by atoms with Gasteiger partial charge in [0.05, 0.1) is 11.5 Å². The van der Waals surface area contributed by atoms with Gasteiger partial charge < -0.3 is 10.2 Å². The Bertz CT molecular complexity index is 273. The van der Waals surface area contributed by atoms with Gasteiger partial charge in [0.15, 0.2) is 0 Å². The molecule has 0 aromatic heterocycles. The Morgan fingerprint density at radius 2 is 1.44 bits per heavy atom. The Morgan fingerprint density at radius 1 is 0.944 bits per heavy atom. The third-order valence-electron chi connectivity index (χ3n) is 4.94. The van der Waals surface area contributed by atoms with Gasteiger partial charge in [-0.05, 0) is 31.6 Å². The minimum atomic E-state index is -0.940. The highest BCUT2D eigenvalue weighted by atomic mass is 16.4. The summed E-state index contributed by atoms with van der Waals surface area (Å²) < 4.78 is 0. The van der Waals surface area contributed by atoms with Crippen molar-refractivity contribution in [3.63, 3.8) is 0 Å². The number of carboxylic acid groups (broad SMARTS) is 1. The Balaban J connectivity index is 2.13. The lowest BCUT2D eigenvalue weighted by Crippen LogP contribution is -2.46. The van der Waals surface area contributed by atoms with Crippen LogP contribution < -0.4 is 0 Å². The van der Waals surface area contributed by atoms with Crippen LogP contribution in [0.4, 0.5) is 0 Å². The number of carbonyl (C=O) groups is 1. The second kappa shape index (κ2) is 6.05. The second-order valence-corrected chi connectivity index (χ2v) is 6.23. The lowest BCUT2D eigenvalue weighted by Gasteiger charge is -2.39. The first kappa shape index (κ1) is 13.9. The molecular formula is C15H26O3.